The number of thiophene rings is 2. The summed E-state index contributed by atoms with van der Waals surface area (Å²) in [6.45, 7) is 3.99. The molecule has 2 aromatic rings. The Morgan fingerprint density at radius 3 is 2.68 bits per heavy atom. The van der Waals surface area contributed by atoms with Gasteiger partial charge in [-0.05, 0) is 58.5 Å². The molecule has 3 heterocycles. The summed E-state index contributed by atoms with van der Waals surface area (Å²) in [5.74, 6) is 0.314. The lowest BCUT2D eigenvalue weighted by Gasteiger charge is -2.34. The average molecular weight is 375 g/mol. The van der Waals surface area contributed by atoms with Gasteiger partial charge in [-0.3, -0.25) is 9.59 Å². The molecule has 1 spiro atoms. The van der Waals surface area contributed by atoms with Crippen molar-refractivity contribution in [2.75, 3.05) is 13.1 Å². The van der Waals surface area contributed by atoms with Crippen LogP contribution < -0.4 is 0 Å². The Balaban J connectivity index is 1.38. The molecular formula is C19H22N2O2S2. The lowest BCUT2D eigenvalue weighted by Crippen LogP contribution is -2.42. The normalized spacial score (nSPS) is 21.3. The molecule has 0 bridgehead atoms. The molecule has 1 atom stereocenters. The van der Waals surface area contributed by atoms with Crippen LogP contribution >= 0.6 is 22.7 Å². The first-order valence-corrected chi connectivity index (χ1v) is 10.5. The van der Waals surface area contributed by atoms with E-state index in [0.29, 0.717) is 12.6 Å². The Morgan fingerprint density at radius 2 is 2.08 bits per heavy atom. The highest BCUT2D eigenvalue weighted by Crippen LogP contribution is 2.57. The fourth-order valence-electron chi connectivity index (χ4n) is 4.04. The number of carbonyl (C=O) groups is 2. The highest BCUT2D eigenvalue weighted by molar-refractivity contribution is 7.12. The Morgan fingerprint density at radius 1 is 1.28 bits per heavy atom. The van der Waals surface area contributed by atoms with Crippen LogP contribution in [0.3, 0.4) is 0 Å². The smallest absolute Gasteiger partial charge is 0.263 e. The summed E-state index contributed by atoms with van der Waals surface area (Å²) in [6, 6.07) is 6.26. The van der Waals surface area contributed by atoms with Crippen LogP contribution in [0.25, 0.3) is 0 Å². The van der Waals surface area contributed by atoms with Crippen LogP contribution in [0.15, 0.2) is 34.3 Å². The summed E-state index contributed by atoms with van der Waals surface area (Å²) in [6.07, 6.45) is 3.09. The monoisotopic (exact) mass is 374 g/mol. The van der Waals surface area contributed by atoms with E-state index in [1.165, 1.54) is 16.9 Å². The highest BCUT2D eigenvalue weighted by atomic mass is 32.1. The van der Waals surface area contributed by atoms with Gasteiger partial charge >= 0.3 is 0 Å². The maximum atomic E-state index is 12.5. The zero-order chi connectivity index (χ0) is 17.4. The third-order valence-corrected chi connectivity index (χ3v) is 7.23. The molecule has 2 aromatic heterocycles. The minimum atomic E-state index is 0.156. The van der Waals surface area contributed by atoms with Crippen molar-refractivity contribution in [1.82, 2.24) is 9.80 Å². The predicted molar refractivity (Wildman–Crippen MR) is 101 cm³/mol. The Labute approximate surface area is 156 Å². The molecule has 4 rings (SSSR count). The molecular weight excluding hydrogens is 352 g/mol. The minimum absolute atomic E-state index is 0.156. The second kappa shape index (κ2) is 6.57. The van der Waals surface area contributed by atoms with E-state index < -0.39 is 0 Å². The van der Waals surface area contributed by atoms with Gasteiger partial charge in [0.25, 0.3) is 5.91 Å². The SMILES string of the molecule is CC(=O)N(Cc1ccsc1)[C@H]1CC12CCN(C(=O)c1cccs1)CC2. The van der Waals surface area contributed by atoms with Crippen LogP contribution in [0, 0.1) is 5.41 Å². The van der Waals surface area contributed by atoms with Crippen molar-refractivity contribution in [2.45, 2.75) is 38.8 Å². The van der Waals surface area contributed by atoms with E-state index in [-0.39, 0.29) is 17.2 Å². The first-order chi connectivity index (χ1) is 12.1. The van der Waals surface area contributed by atoms with E-state index in [4.69, 9.17) is 0 Å². The quantitative estimate of drug-likeness (QED) is 0.815. The van der Waals surface area contributed by atoms with E-state index in [1.54, 1.807) is 18.3 Å². The molecule has 2 aliphatic rings. The first kappa shape index (κ1) is 16.8. The number of likely N-dealkylation sites (tertiary alicyclic amines) is 1. The van der Waals surface area contributed by atoms with Crippen molar-refractivity contribution < 1.29 is 9.59 Å². The van der Waals surface area contributed by atoms with Crippen molar-refractivity contribution >= 4 is 34.5 Å². The molecule has 6 heteroatoms. The minimum Gasteiger partial charge on any atom is -0.338 e. The molecule has 0 aromatic carbocycles. The van der Waals surface area contributed by atoms with E-state index in [1.807, 2.05) is 27.3 Å². The number of rotatable bonds is 4. The van der Waals surface area contributed by atoms with Gasteiger partial charge in [0.05, 0.1) is 4.88 Å². The molecule has 1 saturated heterocycles. The lowest BCUT2D eigenvalue weighted by molar-refractivity contribution is -0.130. The molecule has 2 fully saturated rings. The largest absolute Gasteiger partial charge is 0.338 e. The summed E-state index contributed by atoms with van der Waals surface area (Å²) in [7, 11) is 0. The van der Waals surface area contributed by atoms with Gasteiger partial charge in [-0.25, -0.2) is 0 Å². The molecule has 0 radical (unpaired) electrons. The number of hydrogen-bond acceptors (Lipinski definition) is 4. The maximum absolute atomic E-state index is 12.5. The molecule has 2 amide bonds. The Hall–Kier alpha value is -1.66. The summed E-state index contributed by atoms with van der Waals surface area (Å²) < 4.78 is 0. The van der Waals surface area contributed by atoms with Crippen molar-refractivity contribution in [3.8, 4) is 0 Å². The number of carbonyl (C=O) groups excluding carboxylic acids is 2. The zero-order valence-corrected chi connectivity index (χ0v) is 15.9. The topological polar surface area (TPSA) is 40.6 Å². The molecule has 1 aliphatic carbocycles. The molecule has 1 saturated carbocycles. The van der Waals surface area contributed by atoms with Crippen LogP contribution in [0.1, 0.15) is 41.4 Å². The fraction of sp³-hybridized carbons (Fsp3) is 0.474. The van der Waals surface area contributed by atoms with Gasteiger partial charge in [-0.2, -0.15) is 11.3 Å². The second-order valence-corrected chi connectivity index (χ2v) is 8.86. The van der Waals surface area contributed by atoms with Crippen LogP contribution in [-0.4, -0.2) is 40.7 Å². The third kappa shape index (κ3) is 3.25. The Kier molecular flexibility index (Phi) is 4.41. The van der Waals surface area contributed by atoms with E-state index in [0.717, 1.165) is 37.2 Å². The average Bonchev–Trinajstić information content (AvgIpc) is 3.07. The maximum Gasteiger partial charge on any atom is 0.263 e. The molecule has 25 heavy (non-hydrogen) atoms. The number of piperidine rings is 1. The molecule has 0 unspecified atom stereocenters. The lowest BCUT2D eigenvalue weighted by atomic mass is 9.92. The highest BCUT2D eigenvalue weighted by Gasteiger charge is 2.58. The van der Waals surface area contributed by atoms with Gasteiger partial charge in [0, 0.05) is 32.6 Å². The summed E-state index contributed by atoms with van der Waals surface area (Å²) in [5, 5.41) is 6.13. The van der Waals surface area contributed by atoms with Crippen LogP contribution in [-0.2, 0) is 11.3 Å². The Bertz CT molecular complexity index is 747. The molecule has 1 aliphatic heterocycles. The van der Waals surface area contributed by atoms with Gasteiger partial charge in [-0.1, -0.05) is 6.07 Å². The van der Waals surface area contributed by atoms with Crippen LogP contribution in [0.2, 0.25) is 0 Å². The fourth-order valence-corrected chi connectivity index (χ4v) is 5.39. The predicted octanol–water partition coefficient (Wildman–Crippen LogP) is 3.85. The van der Waals surface area contributed by atoms with E-state index in [9.17, 15) is 9.59 Å². The molecule has 132 valence electrons. The van der Waals surface area contributed by atoms with E-state index >= 15 is 0 Å². The van der Waals surface area contributed by atoms with Crippen molar-refractivity contribution in [2.24, 2.45) is 5.41 Å². The first-order valence-electron chi connectivity index (χ1n) is 8.70. The van der Waals surface area contributed by atoms with Crippen molar-refractivity contribution in [1.29, 1.82) is 0 Å². The van der Waals surface area contributed by atoms with Gasteiger partial charge in [0.2, 0.25) is 5.91 Å². The standard InChI is InChI=1S/C19H22N2O2S2/c1-14(22)21(12-15-4-10-24-13-15)17-11-19(17)5-7-20(8-6-19)18(23)16-3-2-9-25-16/h2-4,9-10,13,17H,5-8,11-12H2,1H3/t17-/m0/s1. The van der Waals surface area contributed by atoms with Gasteiger partial charge in [0.1, 0.15) is 0 Å². The summed E-state index contributed by atoms with van der Waals surface area (Å²) in [5.41, 5.74) is 1.45. The van der Waals surface area contributed by atoms with Gasteiger partial charge < -0.3 is 9.80 Å². The number of hydrogen-bond donors (Lipinski definition) is 0. The number of nitrogens with zero attached hydrogens (tertiary/aromatic N) is 2. The van der Waals surface area contributed by atoms with Crippen LogP contribution in [0.5, 0.6) is 0 Å². The molecule has 0 N–H and O–H groups in total. The number of amides is 2. The van der Waals surface area contributed by atoms with Crippen molar-refractivity contribution in [3.05, 3.63) is 44.8 Å². The molecule has 4 nitrogen and oxygen atoms in total. The van der Waals surface area contributed by atoms with Crippen molar-refractivity contribution in [3.63, 3.8) is 0 Å². The third-order valence-electron chi connectivity index (χ3n) is 5.64. The summed E-state index contributed by atoms with van der Waals surface area (Å²) >= 11 is 3.18. The van der Waals surface area contributed by atoms with Gasteiger partial charge in [-0.15, -0.1) is 11.3 Å². The second-order valence-electron chi connectivity index (χ2n) is 7.13. The van der Waals surface area contributed by atoms with Gasteiger partial charge in [0.15, 0.2) is 0 Å². The zero-order valence-electron chi connectivity index (χ0n) is 14.3. The van der Waals surface area contributed by atoms with E-state index in [2.05, 4.69) is 16.8 Å². The summed E-state index contributed by atoms with van der Waals surface area (Å²) in [4.78, 5) is 29.5. The van der Waals surface area contributed by atoms with Crippen LogP contribution in [0.4, 0.5) is 0 Å².